The minimum absolute atomic E-state index is 0.397. The number of ether oxygens (including phenoxy) is 2. The van der Waals surface area contributed by atoms with Crippen molar-refractivity contribution in [3.8, 4) is 23.2 Å². The summed E-state index contributed by atoms with van der Waals surface area (Å²) in [7, 11) is 0.343. The number of rotatable bonds is 7. The van der Waals surface area contributed by atoms with Crippen LogP contribution in [0.5, 0.6) is 5.88 Å². The number of nitriles is 1. The summed E-state index contributed by atoms with van der Waals surface area (Å²) in [5, 5.41) is 16.1. The lowest BCUT2D eigenvalue weighted by atomic mass is 10.1. The lowest BCUT2D eigenvalue weighted by Gasteiger charge is -2.19. The van der Waals surface area contributed by atoms with E-state index >= 15 is 0 Å². The van der Waals surface area contributed by atoms with Crippen molar-refractivity contribution in [1.29, 1.82) is 5.26 Å². The molecule has 0 saturated carbocycles. The number of nitrogens with two attached hydrogens (primary N) is 1. The van der Waals surface area contributed by atoms with Crippen LogP contribution in [0.3, 0.4) is 0 Å². The van der Waals surface area contributed by atoms with Crippen LogP contribution in [0.15, 0.2) is 18.5 Å². The first-order chi connectivity index (χ1) is 11.4. The minimum Gasteiger partial charge on any atom is -0.481 e. The first kappa shape index (κ1) is 18.1. The van der Waals surface area contributed by atoms with Gasteiger partial charge in [-0.1, -0.05) is 19.6 Å². The highest BCUT2D eigenvalue weighted by Gasteiger charge is 2.20. The normalized spacial score (nSPS) is 12.7. The van der Waals surface area contributed by atoms with E-state index in [0.29, 0.717) is 34.9 Å². The number of hydrogen-bond donors (Lipinski definition) is 2. The van der Waals surface area contributed by atoms with E-state index < -0.39 is 14.3 Å². The fourth-order valence-corrected chi connectivity index (χ4v) is 2.89. The van der Waals surface area contributed by atoms with E-state index in [2.05, 4.69) is 40.9 Å². The van der Waals surface area contributed by atoms with Crippen LogP contribution in [0.25, 0.3) is 11.3 Å². The number of methoxy groups -OCH3 is 1. The largest absolute Gasteiger partial charge is 0.481 e. The topological polar surface area (TPSA) is 110 Å². The number of H-pyrrole nitrogens is 1. The van der Waals surface area contributed by atoms with Crippen molar-refractivity contribution in [2.45, 2.75) is 31.9 Å². The predicted octanol–water partition coefficient (Wildman–Crippen LogP) is 2.66. The van der Waals surface area contributed by atoms with E-state index in [4.69, 9.17) is 20.5 Å². The molecule has 1 atom stereocenters. The fourth-order valence-electron chi connectivity index (χ4n) is 2.16. The number of nitrogens with zero attached hydrogens (tertiary/aromatic N) is 3. The molecule has 128 valence electrons. The van der Waals surface area contributed by atoms with E-state index in [1.54, 1.807) is 12.3 Å². The molecule has 2 aromatic rings. The average Bonchev–Trinajstić information content (AvgIpc) is 3.02. The smallest absolute Gasteiger partial charge is 0.222 e. The summed E-state index contributed by atoms with van der Waals surface area (Å²) in [6.07, 6.45) is 2.49. The third-order valence-corrected chi connectivity index (χ3v) is 5.27. The van der Waals surface area contributed by atoms with E-state index in [-0.39, 0.29) is 0 Å². The van der Waals surface area contributed by atoms with Gasteiger partial charge in [0.25, 0.3) is 0 Å². The van der Waals surface area contributed by atoms with Gasteiger partial charge in [-0.05, 0) is 12.1 Å². The molecule has 2 heterocycles. The number of nitrogens with one attached hydrogen (secondary N) is 1. The Balaban J connectivity index is 2.26. The maximum absolute atomic E-state index is 9.09. The molecule has 8 heteroatoms. The van der Waals surface area contributed by atoms with Gasteiger partial charge in [0, 0.05) is 26.4 Å². The van der Waals surface area contributed by atoms with E-state index in [0.717, 1.165) is 6.04 Å². The van der Waals surface area contributed by atoms with Crippen molar-refractivity contribution in [3.63, 3.8) is 0 Å². The van der Waals surface area contributed by atoms with Crippen LogP contribution in [0.1, 0.15) is 17.4 Å². The monoisotopic (exact) mass is 345 g/mol. The van der Waals surface area contributed by atoms with Crippen molar-refractivity contribution < 1.29 is 9.47 Å². The highest BCUT2D eigenvalue weighted by Crippen LogP contribution is 2.32. The second kappa shape index (κ2) is 7.57. The van der Waals surface area contributed by atoms with Crippen molar-refractivity contribution in [3.05, 3.63) is 29.6 Å². The van der Waals surface area contributed by atoms with Crippen molar-refractivity contribution >= 4 is 8.07 Å². The van der Waals surface area contributed by atoms with Gasteiger partial charge < -0.3 is 15.2 Å². The molecule has 0 aromatic carbocycles. The summed E-state index contributed by atoms with van der Waals surface area (Å²) < 4.78 is 11.1. The van der Waals surface area contributed by atoms with Crippen molar-refractivity contribution in [1.82, 2.24) is 15.2 Å². The van der Waals surface area contributed by atoms with Crippen molar-refractivity contribution in [2.75, 3.05) is 13.7 Å². The van der Waals surface area contributed by atoms with Gasteiger partial charge in [0.15, 0.2) is 0 Å². The van der Waals surface area contributed by atoms with Crippen LogP contribution in [-0.4, -0.2) is 37.0 Å². The van der Waals surface area contributed by atoms with E-state index in [9.17, 15) is 0 Å². The molecule has 2 rings (SSSR count). The first-order valence-corrected chi connectivity index (χ1v) is 11.4. The maximum atomic E-state index is 9.09. The highest BCUT2D eigenvalue weighted by atomic mass is 28.3. The molecule has 0 radical (unpaired) electrons. The van der Waals surface area contributed by atoms with Gasteiger partial charge in [-0.15, -0.1) is 0 Å². The molecule has 0 bridgehead atoms. The lowest BCUT2D eigenvalue weighted by molar-refractivity contribution is 0.0673. The molecule has 0 saturated heterocycles. The Morgan fingerprint density at radius 2 is 2.12 bits per heavy atom. The third kappa shape index (κ3) is 4.41. The van der Waals surface area contributed by atoms with Gasteiger partial charge in [0.1, 0.15) is 12.3 Å². The lowest BCUT2D eigenvalue weighted by Crippen LogP contribution is -2.24. The Bertz CT molecular complexity index is 733. The maximum Gasteiger partial charge on any atom is 0.222 e. The molecule has 3 N–H and O–H groups in total. The molecule has 0 spiro atoms. The molecular formula is C16H23N5O2Si. The summed E-state index contributed by atoms with van der Waals surface area (Å²) in [6.45, 7) is 7.47. The Kier molecular flexibility index (Phi) is 5.72. The summed E-state index contributed by atoms with van der Waals surface area (Å²) in [4.78, 5) is 4.15. The zero-order valence-electron chi connectivity index (χ0n) is 14.5. The van der Waals surface area contributed by atoms with Crippen molar-refractivity contribution in [2.24, 2.45) is 5.73 Å². The Labute approximate surface area is 142 Å². The first-order valence-electron chi connectivity index (χ1n) is 7.70. The average molecular weight is 345 g/mol. The highest BCUT2D eigenvalue weighted by molar-refractivity contribution is 6.76. The summed E-state index contributed by atoms with van der Waals surface area (Å²) in [5.41, 5.74) is 8.60. The quantitative estimate of drug-likeness (QED) is 0.589. The Morgan fingerprint density at radius 3 is 2.75 bits per heavy atom. The molecule has 0 aliphatic carbocycles. The van der Waals surface area contributed by atoms with Crippen LogP contribution in [0, 0.1) is 11.3 Å². The second-order valence-corrected chi connectivity index (χ2v) is 12.3. The zero-order valence-corrected chi connectivity index (χ0v) is 15.5. The third-order valence-electron chi connectivity index (χ3n) is 3.57. The number of pyridine rings is 1. The summed E-state index contributed by atoms with van der Waals surface area (Å²) >= 11 is 0. The van der Waals surface area contributed by atoms with Crippen LogP contribution in [0.4, 0.5) is 0 Å². The Morgan fingerprint density at radius 1 is 1.38 bits per heavy atom. The van der Waals surface area contributed by atoms with Crippen LogP contribution >= 0.6 is 0 Å². The fraction of sp³-hybridized carbons (Fsp3) is 0.438. The second-order valence-electron chi connectivity index (χ2n) is 6.70. The molecule has 0 aliphatic heterocycles. The molecule has 7 nitrogen and oxygen atoms in total. The van der Waals surface area contributed by atoms with Gasteiger partial charge in [-0.2, -0.15) is 10.4 Å². The molecule has 2 aromatic heterocycles. The van der Waals surface area contributed by atoms with Crippen LogP contribution in [0.2, 0.25) is 25.7 Å². The number of aromatic amines is 1. The number of hydrogen-bond acceptors (Lipinski definition) is 6. The molecule has 24 heavy (non-hydrogen) atoms. The zero-order chi connectivity index (χ0) is 17.7. The van der Waals surface area contributed by atoms with Gasteiger partial charge in [-0.25, -0.2) is 4.98 Å². The molecular weight excluding hydrogens is 322 g/mol. The van der Waals surface area contributed by atoms with Gasteiger partial charge in [0.2, 0.25) is 5.88 Å². The van der Waals surface area contributed by atoms with Crippen LogP contribution in [-0.2, 0) is 4.74 Å². The molecule has 0 fully saturated rings. The molecule has 1 unspecified atom stereocenters. The van der Waals surface area contributed by atoms with Crippen LogP contribution < -0.4 is 10.5 Å². The molecule has 0 aliphatic rings. The summed E-state index contributed by atoms with van der Waals surface area (Å²) in [5.74, 6) is 0.397. The minimum atomic E-state index is -1.18. The standard InChI is InChI=1S/C16H23N5O2Si/c1-22-16-12(7-11(8-17)9-19-16)14-13(10-20-21-14)15(18)23-5-6-24(2,3)4/h7,9-10,15H,5-6,18H2,1-4H3,(H,20,21). The van der Waals surface area contributed by atoms with Gasteiger partial charge >= 0.3 is 0 Å². The van der Waals surface area contributed by atoms with E-state index in [1.165, 1.54) is 13.3 Å². The predicted molar refractivity (Wildman–Crippen MR) is 94.1 cm³/mol. The Hall–Kier alpha value is -2.21. The van der Waals surface area contributed by atoms with Gasteiger partial charge in [0.05, 0.1) is 30.1 Å². The molecule has 0 amide bonds. The van der Waals surface area contributed by atoms with Gasteiger partial charge in [-0.3, -0.25) is 5.10 Å². The number of aromatic nitrogens is 3. The SMILES string of the molecule is COc1ncc(C#N)cc1-c1[nH]ncc1C(N)OCC[Si](C)(C)C. The van der Waals surface area contributed by atoms with E-state index in [1.807, 2.05) is 0 Å². The summed E-state index contributed by atoms with van der Waals surface area (Å²) in [6, 6.07) is 4.79.